The lowest BCUT2D eigenvalue weighted by atomic mass is 9.96. The van der Waals surface area contributed by atoms with Crippen molar-refractivity contribution in [3.63, 3.8) is 0 Å². The molecule has 2 aromatic carbocycles. The number of hydrogen-bond donors (Lipinski definition) is 1. The van der Waals surface area contributed by atoms with Crippen LogP contribution in [0.3, 0.4) is 0 Å². The molecule has 0 spiro atoms. The molecule has 0 bridgehead atoms. The van der Waals surface area contributed by atoms with Crippen LogP contribution in [0.25, 0.3) is 0 Å². The summed E-state index contributed by atoms with van der Waals surface area (Å²) in [7, 11) is 1.66. The van der Waals surface area contributed by atoms with Crippen molar-refractivity contribution < 1.29 is 19.3 Å². The highest BCUT2D eigenvalue weighted by molar-refractivity contribution is 5.43. The van der Waals surface area contributed by atoms with Crippen LogP contribution in [0, 0.1) is 20.8 Å². The van der Waals surface area contributed by atoms with E-state index in [0.717, 1.165) is 67.7 Å². The molecule has 36 heavy (non-hydrogen) atoms. The number of benzene rings is 2. The van der Waals surface area contributed by atoms with Gasteiger partial charge in [-0.1, -0.05) is 23.8 Å². The van der Waals surface area contributed by atoms with Crippen LogP contribution >= 0.6 is 0 Å². The number of imidazole rings is 1. The van der Waals surface area contributed by atoms with Crippen molar-refractivity contribution in [2.45, 2.75) is 58.7 Å². The number of hydrogen-bond acceptors (Lipinski definition) is 6. The monoisotopic (exact) mass is 493 g/mol. The molecular formula is C29H39N3O4. The van der Waals surface area contributed by atoms with Crippen LogP contribution in [0.2, 0.25) is 0 Å². The molecule has 0 saturated carbocycles. The van der Waals surface area contributed by atoms with Crippen LogP contribution in [0.15, 0.2) is 48.8 Å². The molecule has 1 aliphatic heterocycles. The van der Waals surface area contributed by atoms with Crippen molar-refractivity contribution in [3.05, 3.63) is 71.3 Å². The minimum Gasteiger partial charge on any atom is -0.493 e. The molecule has 1 N–H and O–H groups in total. The quantitative estimate of drug-likeness (QED) is 0.442. The minimum absolute atomic E-state index is 0.321. The highest BCUT2D eigenvalue weighted by Crippen LogP contribution is 2.30. The van der Waals surface area contributed by atoms with Gasteiger partial charge in [0, 0.05) is 25.5 Å². The predicted octanol–water partition coefficient (Wildman–Crippen LogP) is 4.69. The molecule has 3 aromatic rings. The van der Waals surface area contributed by atoms with Gasteiger partial charge in [0.1, 0.15) is 24.8 Å². The summed E-state index contributed by atoms with van der Waals surface area (Å²) in [6.45, 7) is 10.2. The van der Waals surface area contributed by atoms with Crippen LogP contribution in [-0.4, -0.2) is 58.6 Å². The number of nitrogens with zero attached hydrogens (tertiary/aromatic N) is 3. The Hall–Kier alpha value is -3.03. The van der Waals surface area contributed by atoms with Gasteiger partial charge in [-0.05, 0) is 75.9 Å². The van der Waals surface area contributed by atoms with E-state index in [-0.39, 0.29) is 0 Å². The second-order valence-corrected chi connectivity index (χ2v) is 9.91. The van der Waals surface area contributed by atoms with Crippen molar-refractivity contribution in [3.8, 4) is 17.2 Å². The second-order valence-electron chi connectivity index (χ2n) is 9.91. The van der Waals surface area contributed by atoms with Gasteiger partial charge >= 0.3 is 0 Å². The minimum atomic E-state index is -0.814. The van der Waals surface area contributed by atoms with Crippen LogP contribution in [0.1, 0.15) is 41.8 Å². The van der Waals surface area contributed by atoms with Crippen LogP contribution < -0.4 is 14.2 Å². The van der Waals surface area contributed by atoms with E-state index in [1.165, 1.54) is 11.1 Å². The first-order valence-electron chi connectivity index (χ1n) is 12.8. The second kappa shape index (κ2) is 11.8. The molecule has 7 nitrogen and oxygen atoms in total. The molecule has 4 rings (SSSR count). The summed E-state index contributed by atoms with van der Waals surface area (Å²) in [5.74, 6) is 3.31. The Balaban J connectivity index is 1.32. The molecule has 1 fully saturated rings. The molecule has 194 valence electrons. The molecule has 1 aliphatic rings. The Kier molecular flexibility index (Phi) is 8.54. The van der Waals surface area contributed by atoms with Crippen molar-refractivity contribution in [1.82, 2.24) is 14.5 Å². The van der Waals surface area contributed by atoms with Crippen LogP contribution in [0.4, 0.5) is 0 Å². The summed E-state index contributed by atoms with van der Waals surface area (Å²) >= 11 is 0. The van der Waals surface area contributed by atoms with E-state index in [2.05, 4.69) is 39.6 Å². The molecule has 1 unspecified atom stereocenters. The maximum atomic E-state index is 11.3. The Labute approximate surface area is 214 Å². The lowest BCUT2D eigenvalue weighted by molar-refractivity contribution is -0.0170. The van der Waals surface area contributed by atoms with Gasteiger partial charge in [0.15, 0.2) is 11.5 Å². The Morgan fingerprint density at radius 2 is 1.81 bits per heavy atom. The normalized spacial score (nSPS) is 18.6. The third-order valence-electron chi connectivity index (χ3n) is 6.98. The molecule has 1 aromatic heterocycles. The smallest absolute Gasteiger partial charge is 0.161 e. The zero-order valence-electron chi connectivity index (χ0n) is 22.0. The third kappa shape index (κ3) is 6.80. The van der Waals surface area contributed by atoms with Gasteiger partial charge in [0.05, 0.1) is 19.3 Å². The number of aromatic nitrogens is 2. The Morgan fingerprint density at radius 1 is 0.972 bits per heavy atom. The zero-order chi connectivity index (χ0) is 25.5. The van der Waals surface area contributed by atoms with Crippen molar-refractivity contribution in [2.24, 2.45) is 0 Å². The topological polar surface area (TPSA) is 69.0 Å². The SMILES string of the molecule is COc1ccc(CN2CCCC(O)(COc3ccc(C)cc3C)CC2)cc1OCCn1ccnc1C. The largest absolute Gasteiger partial charge is 0.493 e. The fourth-order valence-corrected chi connectivity index (χ4v) is 4.80. The molecule has 0 aliphatic carbocycles. The molecule has 1 saturated heterocycles. The number of aryl methyl sites for hydroxylation is 3. The maximum absolute atomic E-state index is 11.3. The lowest BCUT2D eigenvalue weighted by Gasteiger charge is -2.27. The van der Waals surface area contributed by atoms with Crippen molar-refractivity contribution >= 4 is 0 Å². The summed E-state index contributed by atoms with van der Waals surface area (Å²) in [4.78, 5) is 6.66. The summed E-state index contributed by atoms with van der Waals surface area (Å²) in [6.07, 6.45) is 6.10. The molecular weight excluding hydrogens is 454 g/mol. The number of rotatable bonds is 10. The van der Waals surface area contributed by atoms with Gasteiger partial charge in [-0.15, -0.1) is 0 Å². The summed E-state index contributed by atoms with van der Waals surface area (Å²) in [5, 5.41) is 11.3. The van der Waals surface area contributed by atoms with Gasteiger partial charge in [0.2, 0.25) is 0 Å². The van der Waals surface area contributed by atoms with Crippen molar-refractivity contribution in [2.75, 3.05) is 33.4 Å². The number of ether oxygens (including phenoxy) is 3. The average Bonchev–Trinajstić information content (AvgIpc) is 3.17. The molecule has 7 heteroatoms. The summed E-state index contributed by atoms with van der Waals surface area (Å²) < 4.78 is 19.7. The highest BCUT2D eigenvalue weighted by Gasteiger charge is 2.31. The fourth-order valence-electron chi connectivity index (χ4n) is 4.80. The molecule has 2 heterocycles. The van der Waals surface area contributed by atoms with Crippen molar-refractivity contribution in [1.29, 1.82) is 0 Å². The van der Waals surface area contributed by atoms with Gasteiger partial charge in [-0.3, -0.25) is 4.90 Å². The predicted molar refractivity (Wildman–Crippen MR) is 141 cm³/mol. The fraction of sp³-hybridized carbons (Fsp3) is 0.483. The van der Waals surface area contributed by atoms with E-state index >= 15 is 0 Å². The van der Waals surface area contributed by atoms with E-state index in [1.807, 2.05) is 38.2 Å². The first-order valence-corrected chi connectivity index (χ1v) is 12.8. The first kappa shape index (κ1) is 26.0. The van der Waals surface area contributed by atoms with E-state index in [4.69, 9.17) is 14.2 Å². The van der Waals surface area contributed by atoms with E-state index in [1.54, 1.807) is 13.3 Å². The zero-order valence-corrected chi connectivity index (χ0v) is 22.0. The van der Waals surface area contributed by atoms with Gasteiger partial charge in [-0.2, -0.15) is 0 Å². The number of methoxy groups -OCH3 is 1. The van der Waals surface area contributed by atoms with Gasteiger partial charge in [-0.25, -0.2) is 4.98 Å². The van der Waals surface area contributed by atoms with E-state index in [0.29, 0.717) is 19.6 Å². The summed E-state index contributed by atoms with van der Waals surface area (Å²) in [5.41, 5.74) is 2.67. The Bertz CT molecular complexity index is 1150. The molecule has 0 amide bonds. The maximum Gasteiger partial charge on any atom is 0.161 e. The Morgan fingerprint density at radius 3 is 2.56 bits per heavy atom. The number of likely N-dealkylation sites (tertiary alicyclic amines) is 1. The standard InChI is InChI=1S/C29H39N3O4/c1-22-6-8-26(23(2)18-22)36-21-29(33)10-5-13-31(14-11-29)20-25-7-9-27(34-4)28(19-25)35-17-16-32-15-12-30-24(32)3/h6-9,12,15,18-19,33H,5,10-11,13-14,16-17,20-21H2,1-4H3. The third-order valence-corrected chi connectivity index (χ3v) is 6.98. The van der Waals surface area contributed by atoms with Gasteiger partial charge < -0.3 is 23.9 Å². The van der Waals surface area contributed by atoms with Crippen LogP contribution in [-0.2, 0) is 13.1 Å². The lowest BCUT2D eigenvalue weighted by Crippen LogP contribution is -2.37. The first-order chi connectivity index (χ1) is 17.3. The van der Waals surface area contributed by atoms with E-state index in [9.17, 15) is 5.11 Å². The summed E-state index contributed by atoms with van der Waals surface area (Å²) in [6, 6.07) is 12.3. The molecule has 1 atom stereocenters. The number of aliphatic hydroxyl groups is 1. The van der Waals surface area contributed by atoms with Crippen LogP contribution in [0.5, 0.6) is 17.2 Å². The van der Waals surface area contributed by atoms with E-state index < -0.39 is 5.60 Å². The molecule has 0 radical (unpaired) electrons. The highest BCUT2D eigenvalue weighted by atomic mass is 16.5. The average molecular weight is 494 g/mol. The van der Waals surface area contributed by atoms with Gasteiger partial charge in [0.25, 0.3) is 0 Å².